The fourth-order valence-electron chi connectivity index (χ4n) is 2.16. The highest BCUT2D eigenvalue weighted by atomic mass is 79.9. The van der Waals surface area contributed by atoms with Crippen LogP contribution in [-0.2, 0) is 6.54 Å². The maximum absolute atomic E-state index is 9.89. The Kier molecular flexibility index (Phi) is 5.68. The molecule has 0 radical (unpaired) electrons. The Morgan fingerprint density at radius 2 is 1.95 bits per heavy atom. The van der Waals surface area contributed by atoms with Gasteiger partial charge in [0.15, 0.2) is 11.5 Å². The second-order valence-corrected chi connectivity index (χ2v) is 6.94. The normalized spacial score (nSPS) is 11.9. The molecule has 4 heteroatoms. The molecule has 0 spiro atoms. The van der Waals surface area contributed by atoms with E-state index in [1.165, 1.54) is 0 Å². The minimum absolute atomic E-state index is 0.170. The zero-order valence-corrected chi connectivity index (χ0v) is 14.0. The second-order valence-electron chi connectivity index (χ2n) is 6.09. The number of nitrogens with zero attached hydrogens (tertiary/aromatic N) is 1. The Morgan fingerprint density at radius 1 is 1.32 bits per heavy atom. The molecule has 0 atom stereocenters. The maximum atomic E-state index is 9.89. The predicted octanol–water partition coefficient (Wildman–Crippen LogP) is 4.03. The summed E-state index contributed by atoms with van der Waals surface area (Å²) in [6, 6.07) is 3.85. The Balaban J connectivity index is 2.84. The topological polar surface area (TPSA) is 32.7 Å². The Hall–Kier alpha value is -0.740. The summed E-state index contributed by atoms with van der Waals surface area (Å²) in [7, 11) is 2.10. The molecule has 1 aromatic rings. The standard InChI is InChI=1S/C15H24BrNO2/c1-6-19-13-8-11(7-12(16)14(13)18)9-17(5)10-15(2,3)4/h7-8,18H,6,9-10H2,1-5H3. The molecule has 0 aliphatic heterocycles. The lowest BCUT2D eigenvalue weighted by Gasteiger charge is -2.26. The summed E-state index contributed by atoms with van der Waals surface area (Å²) < 4.78 is 6.12. The van der Waals surface area contributed by atoms with Crippen LogP contribution in [-0.4, -0.2) is 30.2 Å². The molecule has 1 aromatic carbocycles. The van der Waals surface area contributed by atoms with Gasteiger partial charge in [-0.05, 0) is 53.0 Å². The minimum atomic E-state index is 0.170. The van der Waals surface area contributed by atoms with Gasteiger partial charge >= 0.3 is 0 Å². The van der Waals surface area contributed by atoms with Crippen LogP contribution < -0.4 is 4.74 Å². The highest BCUT2D eigenvalue weighted by Crippen LogP contribution is 2.35. The van der Waals surface area contributed by atoms with Gasteiger partial charge in [0.25, 0.3) is 0 Å². The molecule has 0 aromatic heterocycles. The van der Waals surface area contributed by atoms with E-state index in [-0.39, 0.29) is 11.2 Å². The van der Waals surface area contributed by atoms with Crippen LogP contribution in [0.5, 0.6) is 11.5 Å². The van der Waals surface area contributed by atoms with Gasteiger partial charge in [-0.1, -0.05) is 20.8 Å². The number of phenolic OH excluding ortho intramolecular Hbond substituents is 1. The van der Waals surface area contributed by atoms with E-state index in [1.54, 1.807) is 0 Å². The highest BCUT2D eigenvalue weighted by molar-refractivity contribution is 9.10. The average Bonchev–Trinajstić information content (AvgIpc) is 2.22. The molecule has 0 aliphatic rings. The lowest BCUT2D eigenvalue weighted by molar-refractivity contribution is 0.220. The molecule has 0 amide bonds. The van der Waals surface area contributed by atoms with Crippen molar-refractivity contribution in [1.82, 2.24) is 4.90 Å². The summed E-state index contributed by atoms with van der Waals surface area (Å²) in [5.74, 6) is 0.708. The number of benzene rings is 1. The fraction of sp³-hybridized carbons (Fsp3) is 0.600. The van der Waals surface area contributed by atoms with E-state index in [9.17, 15) is 5.11 Å². The van der Waals surface area contributed by atoms with Crippen molar-refractivity contribution >= 4 is 15.9 Å². The smallest absolute Gasteiger partial charge is 0.172 e. The Labute approximate surface area is 124 Å². The summed E-state index contributed by atoms with van der Waals surface area (Å²) in [6.45, 7) is 11.0. The van der Waals surface area contributed by atoms with Crippen LogP contribution in [0.1, 0.15) is 33.3 Å². The molecule has 1 rings (SSSR count). The lowest BCUT2D eigenvalue weighted by Crippen LogP contribution is -2.28. The van der Waals surface area contributed by atoms with Gasteiger partial charge in [0, 0.05) is 13.1 Å². The third-order valence-corrected chi connectivity index (χ3v) is 3.19. The summed E-state index contributed by atoms with van der Waals surface area (Å²) in [4.78, 5) is 2.27. The molecule has 0 saturated carbocycles. The molecule has 0 saturated heterocycles. The van der Waals surface area contributed by atoms with Gasteiger partial charge in [-0.3, -0.25) is 0 Å². The van der Waals surface area contributed by atoms with E-state index < -0.39 is 0 Å². The number of hydrogen-bond donors (Lipinski definition) is 1. The largest absolute Gasteiger partial charge is 0.503 e. The van der Waals surface area contributed by atoms with Crippen molar-refractivity contribution in [2.75, 3.05) is 20.2 Å². The first-order chi connectivity index (χ1) is 8.73. The van der Waals surface area contributed by atoms with E-state index in [4.69, 9.17) is 4.74 Å². The van der Waals surface area contributed by atoms with Crippen LogP contribution in [0.15, 0.2) is 16.6 Å². The molecule has 0 unspecified atom stereocenters. The first-order valence-electron chi connectivity index (χ1n) is 6.55. The SMILES string of the molecule is CCOc1cc(CN(C)CC(C)(C)C)cc(Br)c1O. The summed E-state index contributed by atoms with van der Waals surface area (Å²) >= 11 is 3.37. The van der Waals surface area contributed by atoms with Crippen molar-refractivity contribution in [3.63, 3.8) is 0 Å². The van der Waals surface area contributed by atoms with E-state index in [0.29, 0.717) is 16.8 Å². The van der Waals surface area contributed by atoms with Crippen LogP contribution in [0.25, 0.3) is 0 Å². The number of ether oxygens (including phenoxy) is 1. The number of halogens is 1. The van der Waals surface area contributed by atoms with Gasteiger partial charge in [0.1, 0.15) is 0 Å². The van der Waals surface area contributed by atoms with Crippen molar-refractivity contribution in [3.05, 3.63) is 22.2 Å². The molecule has 0 bridgehead atoms. The predicted molar refractivity (Wildman–Crippen MR) is 82.8 cm³/mol. The molecule has 1 N–H and O–H groups in total. The fourth-order valence-corrected chi connectivity index (χ4v) is 2.65. The van der Waals surface area contributed by atoms with Crippen LogP contribution >= 0.6 is 15.9 Å². The third kappa shape index (κ3) is 5.41. The molecule has 3 nitrogen and oxygen atoms in total. The van der Waals surface area contributed by atoms with Crippen LogP contribution in [0.4, 0.5) is 0 Å². The average molecular weight is 330 g/mol. The molecular formula is C15H24BrNO2. The third-order valence-electron chi connectivity index (χ3n) is 2.58. The minimum Gasteiger partial charge on any atom is -0.503 e. The van der Waals surface area contributed by atoms with E-state index in [2.05, 4.69) is 48.6 Å². The van der Waals surface area contributed by atoms with Crippen LogP contribution in [0.2, 0.25) is 0 Å². The van der Waals surface area contributed by atoms with Gasteiger partial charge in [-0.2, -0.15) is 0 Å². The van der Waals surface area contributed by atoms with Crippen LogP contribution in [0.3, 0.4) is 0 Å². The lowest BCUT2D eigenvalue weighted by atomic mass is 9.96. The molecule has 108 valence electrons. The number of hydrogen-bond acceptors (Lipinski definition) is 3. The van der Waals surface area contributed by atoms with Crippen LogP contribution in [0, 0.1) is 5.41 Å². The van der Waals surface area contributed by atoms with Crippen molar-refractivity contribution in [2.45, 2.75) is 34.2 Å². The summed E-state index contributed by atoms with van der Waals surface area (Å²) in [5, 5.41) is 9.89. The van der Waals surface area contributed by atoms with Gasteiger partial charge < -0.3 is 14.7 Å². The van der Waals surface area contributed by atoms with Crippen molar-refractivity contribution in [1.29, 1.82) is 0 Å². The second kappa shape index (κ2) is 6.62. The quantitative estimate of drug-likeness (QED) is 0.885. The number of aromatic hydroxyl groups is 1. The molecule has 0 fully saturated rings. The number of rotatable bonds is 5. The van der Waals surface area contributed by atoms with Gasteiger partial charge in [-0.15, -0.1) is 0 Å². The highest BCUT2D eigenvalue weighted by Gasteiger charge is 2.15. The zero-order chi connectivity index (χ0) is 14.6. The first kappa shape index (κ1) is 16.3. The molecule has 0 heterocycles. The van der Waals surface area contributed by atoms with Crippen molar-refractivity contribution < 1.29 is 9.84 Å². The van der Waals surface area contributed by atoms with Gasteiger partial charge in [0.2, 0.25) is 0 Å². The maximum Gasteiger partial charge on any atom is 0.172 e. The molecule has 0 aliphatic carbocycles. The van der Waals surface area contributed by atoms with Crippen molar-refractivity contribution in [2.24, 2.45) is 5.41 Å². The van der Waals surface area contributed by atoms with E-state index in [0.717, 1.165) is 18.7 Å². The molecular weight excluding hydrogens is 306 g/mol. The summed E-state index contributed by atoms with van der Waals surface area (Å²) in [5.41, 5.74) is 1.39. The Morgan fingerprint density at radius 3 is 2.47 bits per heavy atom. The van der Waals surface area contributed by atoms with Gasteiger partial charge in [0.05, 0.1) is 11.1 Å². The first-order valence-corrected chi connectivity index (χ1v) is 7.35. The number of phenols is 1. The van der Waals surface area contributed by atoms with E-state index >= 15 is 0 Å². The Bertz CT molecular complexity index is 427. The molecule has 19 heavy (non-hydrogen) atoms. The van der Waals surface area contributed by atoms with E-state index in [1.807, 2.05) is 19.1 Å². The monoisotopic (exact) mass is 329 g/mol. The zero-order valence-electron chi connectivity index (χ0n) is 12.5. The van der Waals surface area contributed by atoms with Crippen molar-refractivity contribution in [3.8, 4) is 11.5 Å². The summed E-state index contributed by atoms with van der Waals surface area (Å²) in [6.07, 6.45) is 0. The van der Waals surface area contributed by atoms with Gasteiger partial charge in [-0.25, -0.2) is 0 Å².